The van der Waals surface area contributed by atoms with E-state index in [0.717, 1.165) is 11.3 Å². The van der Waals surface area contributed by atoms with E-state index in [1.807, 2.05) is 17.4 Å². The standard InChI is InChI=1S/C50H30OS/c1-2-14-31(15-3-1)46-33-16-4-6-18-35(33)47(36-19-7-5-17-34(36)46)32-27-28-41-45(30-32)52-44-26-12-24-42(50(41)44)48-37-20-8-10-22-39(37)49(43-25-13-29-51-43)40-23-11-9-21-38(40)48/h1-30H. The molecule has 2 heterocycles. The fraction of sp³-hybridized carbons (Fsp3) is 0. The van der Waals surface area contributed by atoms with Crippen molar-refractivity contribution in [2.24, 2.45) is 0 Å². The molecule has 52 heavy (non-hydrogen) atoms. The summed E-state index contributed by atoms with van der Waals surface area (Å²) < 4.78 is 8.61. The normalized spacial score (nSPS) is 11.8. The van der Waals surface area contributed by atoms with E-state index in [0.29, 0.717) is 0 Å². The molecule has 0 unspecified atom stereocenters. The molecule has 1 nitrogen and oxygen atoms in total. The summed E-state index contributed by atoms with van der Waals surface area (Å²) in [6, 6.07) is 64.2. The summed E-state index contributed by atoms with van der Waals surface area (Å²) >= 11 is 1.89. The Kier molecular flexibility index (Phi) is 6.49. The highest BCUT2D eigenvalue weighted by atomic mass is 32.1. The highest BCUT2D eigenvalue weighted by Crippen LogP contribution is 2.49. The molecule has 242 valence electrons. The lowest BCUT2D eigenvalue weighted by molar-refractivity contribution is 0.583. The van der Waals surface area contributed by atoms with Crippen LogP contribution in [0.5, 0.6) is 0 Å². The van der Waals surface area contributed by atoms with Gasteiger partial charge in [-0.2, -0.15) is 0 Å². The highest BCUT2D eigenvalue weighted by molar-refractivity contribution is 7.26. The van der Waals surface area contributed by atoms with Crippen molar-refractivity contribution in [3.05, 3.63) is 182 Å². The van der Waals surface area contributed by atoms with Gasteiger partial charge in [-0.1, -0.05) is 152 Å². The molecule has 0 spiro atoms. The molecule has 0 saturated carbocycles. The van der Waals surface area contributed by atoms with Gasteiger partial charge in [0, 0.05) is 25.7 Å². The van der Waals surface area contributed by atoms with Gasteiger partial charge in [0.2, 0.25) is 0 Å². The second kappa shape index (κ2) is 11.5. The molecule has 0 bridgehead atoms. The fourth-order valence-corrected chi connectivity index (χ4v) is 9.82. The third-order valence-corrected chi connectivity index (χ3v) is 11.9. The third kappa shape index (κ3) is 4.28. The Morgan fingerprint density at radius 1 is 0.327 bits per heavy atom. The van der Waals surface area contributed by atoms with E-state index >= 15 is 0 Å². The SMILES string of the molecule is c1ccc(-c2c3ccccc3c(-c3ccc4c(c3)sc3cccc(-c5c6ccccc6c(-c6ccco6)c6ccccc56)c34)c3ccccc23)cc1. The van der Waals surface area contributed by atoms with E-state index in [1.165, 1.54) is 96.6 Å². The summed E-state index contributed by atoms with van der Waals surface area (Å²) in [7, 11) is 0. The Bertz CT molecular complexity index is 3050. The van der Waals surface area contributed by atoms with Crippen molar-refractivity contribution >= 4 is 74.6 Å². The van der Waals surface area contributed by atoms with E-state index in [9.17, 15) is 0 Å². The Balaban J connectivity index is 1.19. The first-order valence-corrected chi connectivity index (χ1v) is 18.6. The molecular formula is C50H30OS. The maximum atomic E-state index is 6.03. The van der Waals surface area contributed by atoms with Gasteiger partial charge in [-0.05, 0) is 101 Å². The van der Waals surface area contributed by atoms with Gasteiger partial charge in [0.1, 0.15) is 5.76 Å². The van der Waals surface area contributed by atoms with E-state index in [2.05, 4.69) is 170 Å². The molecule has 0 aliphatic rings. The zero-order valence-corrected chi connectivity index (χ0v) is 29.0. The highest BCUT2D eigenvalue weighted by Gasteiger charge is 2.21. The Labute approximate surface area is 304 Å². The molecule has 0 amide bonds. The summed E-state index contributed by atoms with van der Waals surface area (Å²) in [5.41, 5.74) is 8.74. The number of rotatable bonds is 4. The van der Waals surface area contributed by atoms with Crippen molar-refractivity contribution < 1.29 is 4.42 Å². The maximum absolute atomic E-state index is 6.03. The van der Waals surface area contributed by atoms with Gasteiger partial charge in [0.25, 0.3) is 0 Å². The number of furan rings is 1. The molecule has 9 aromatic carbocycles. The van der Waals surface area contributed by atoms with E-state index < -0.39 is 0 Å². The Morgan fingerprint density at radius 2 is 0.846 bits per heavy atom. The zero-order chi connectivity index (χ0) is 34.2. The van der Waals surface area contributed by atoms with Crippen LogP contribution in [0.1, 0.15) is 0 Å². The predicted molar refractivity (Wildman–Crippen MR) is 223 cm³/mol. The predicted octanol–water partition coefficient (Wildman–Crippen LogP) is 14.9. The summed E-state index contributed by atoms with van der Waals surface area (Å²) in [6.07, 6.45) is 1.77. The van der Waals surface area contributed by atoms with Crippen molar-refractivity contribution in [3.63, 3.8) is 0 Å². The Morgan fingerprint density at radius 3 is 1.40 bits per heavy atom. The largest absolute Gasteiger partial charge is 0.464 e. The molecule has 11 rings (SSSR count). The maximum Gasteiger partial charge on any atom is 0.135 e. The van der Waals surface area contributed by atoms with Gasteiger partial charge in [-0.15, -0.1) is 11.3 Å². The van der Waals surface area contributed by atoms with Crippen LogP contribution in [0.4, 0.5) is 0 Å². The van der Waals surface area contributed by atoms with Crippen molar-refractivity contribution in [1.82, 2.24) is 0 Å². The average molecular weight is 679 g/mol. The first-order valence-electron chi connectivity index (χ1n) is 17.8. The van der Waals surface area contributed by atoms with Gasteiger partial charge in [-0.25, -0.2) is 0 Å². The molecule has 2 aromatic heterocycles. The van der Waals surface area contributed by atoms with Crippen molar-refractivity contribution in [3.8, 4) is 44.7 Å². The van der Waals surface area contributed by atoms with Crippen LogP contribution in [0.15, 0.2) is 187 Å². The van der Waals surface area contributed by atoms with Crippen LogP contribution in [-0.4, -0.2) is 0 Å². The van der Waals surface area contributed by atoms with Crippen LogP contribution < -0.4 is 0 Å². The summed E-state index contributed by atoms with van der Waals surface area (Å²) in [4.78, 5) is 0. The Hall–Kier alpha value is -6.48. The third-order valence-electron chi connectivity index (χ3n) is 10.7. The molecule has 0 fully saturated rings. The number of thiophene rings is 1. The minimum absolute atomic E-state index is 0.891. The minimum atomic E-state index is 0.891. The van der Waals surface area contributed by atoms with Gasteiger partial charge in [0.05, 0.1) is 6.26 Å². The first kappa shape index (κ1) is 29.3. The number of hydrogen-bond acceptors (Lipinski definition) is 2. The first-order chi connectivity index (χ1) is 25.8. The summed E-state index contributed by atoms with van der Waals surface area (Å²) in [5.74, 6) is 0.891. The second-order valence-corrected chi connectivity index (χ2v) is 14.6. The molecule has 0 radical (unpaired) electrons. The summed E-state index contributed by atoms with van der Waals surface area (Å²) in [5, 5.41) is 12.6. The molecule has 0 aliphatic carbocycles. The fourth-order valence-electron chi connectivity index (χ4n) is 8.65. The van der Waals surface area contributed by atoms with Crippen molar-refractivity contribution in [2.75, 3.05) is 0 Å². The number of benzene rings is 9. The van der Waals surface area contributed by atoms with Gasteiger partial charge in [0.15, 0.2) is 0 Å². The van der Waals surface area contributed by atoms with E-state index in [4.69, 9.17) is 4.42 Å². The van der Waals surface area contributed by atoms with Crippen LogP contribution in [0, 0.1) is 0 Å². The smallest absolute Gasteiger partial charge is 0.135 e. The molecular weight excluding hydrogens is 649 g/mol. The minimum Gasteiger partial charge on any atom is -0.464 e. The van der Waals surface area contributed by atoms with E-state index in [-0.39, 0.29) is 0 Å². The monoisotopic (exact) mass is 678 g/mol. The molecule has 2 heteroatoms. The van der Waals surface area contributed by atoms with Crippen LogP contribution >= 0.6 is 11.3 Å². The lowest BCUT2D eigenvalue weighted by Gasteiger charge is -2.18. The lowest BCUT2D eigenvalue weighted by atomic mass is 9.85. The average Bonchev–Trinajstić information content (AvgIpc) is 3.87. The van der Waals surface area contributed by atoms with E-state index in [1.54, 1.807) is 6.26 Å². The molecule has 11 aromatic rings. The topological polar surface area (TPSA) is 13.1 Å². The molecule has 0 saturated heterocycles. The van der Waals surface area contributed by atoms with Gasteiger partial charge < -0.3 is 4.42 Å². The number of fused-ring (bicyclic) bond motifs is 7. The van der Waals surface area contributed by atoms with Crippen LogP contribution in [-0.2, 0) is 0 Å². The van der Waals surface area contributed by atoms with Crippen molar-refractivity contribution in [1.29, 1.82) is 0 Å². The van der Waals surface area contributed by atoms with Crippen molar-refractivity contribution in [2.45, 2.75) is 0 Å². The second-order valence-electron chi connectivity index (χ2n) is 13.5. The quantitative estimate of drug-likeness (QED) is 0.169. The zero-order valence-electron chi connectivity index (χ0n) is 28.1. The molecule has 0 N–H and O–H groups in total. The molecule has 0 aliphatic heterocycles. The molecule has 0 atom stereocenters. The van der Waals surface area contributed by atoms with Crippen LogP contribution in [0.25, 0.3) is 108 Å². The summed E-state index contributed by atoms with van der Waals surface area (Å²) in [6.45, 7) is 0. The van der Waals surface area contributed by atoms with Gasteiger partial charge in [-0.3, -0.25) is 0 Å². The number of hydrogen-bond donors (Lipinski definition) is 0. The van der Waals surface area contributed by atoms with Gasteiger partial charge >= 0.3 is 0 Å². The van der Waals surface area contributed by atoms with Crippen LogP contribution in [0.2, 0.25) is 0 Å². The lowest BCUT2D eigenvalue weighted by Crippen LogP contribution is -1.91. The van der Waals surface area contributed by atoms with Crippen LogP contribution in [0.3, 0.4) is 0 Å².